The van der Waals surface area contributed by atoms with Crippen LogP contribution >= 0.6 is 11.8 Å². The third-order valence-corrected chi connectivity index (χ3v) is 4.68. The fourth-order valence-corrected chi connectivity index (χ4v) is 3.64. The molecule has 0 bridgehead atoms. The quantitative estimate of drug-likeness (QED) is 0.860. The zero-order chi connectivity index (χ0) is 13.0. The van der Waals surface area contributed by atoms with Gasteiger partial charge in [0, 0.05) is 6.42 Å². The van der Waals surface area contributed by atoms with Crippen LogP contribution in [-0.2, 0) is 6.42 Å². The van der Waals surface area contributed by atoms with Gasteiger partial charge in [-0.15, -0.1) is 0 Å². The van der Waals surface area contributed by atoms with Crippen molar-refractivity contribution in [2.24, 2.45) is 17.6 Å². The van der Waals surface area contributed by atoms with Crippen molar-refractivity contribution in [2.45, 2.75) is 44.8 Å². The van der Waals surface area contributed by atoms with Crippen LogP contribution in [0, 0.1) is 11.8 Å². The Labute approximate surface area is 113 Å². The molecule has 1 unspecified atom stereocenters. The molecule has 2 rings (SSSR count). The molecule has 2 atom stereocenters. The summed E-state index contributed by atoms with van der Waals surface area (Å²) in [6, 6.07) is 0. The van der Waals surface area contributed by atoms with Crippen molar-refractivity contribution in [1.29, 1.82) is 0 Å². The molecular formula is C13H23N3OS. The maximum absolute atomic E-state index is 5.80. The summed E-state index contributed by atoms with van der Waals surface area (Å²) < 4.78 is 5.36. The molecule has 0 spiro atoms. The van der Waals surface area contributed by atoms with Crippen LogP contribution in [0.15, 0.2) is 4.52 Å². The van der Waals surface area contributed by atoms with E-state index < -0.39 is 0 Å². The Balaban J connectivity index is 1.92. The topological polar surface area (TPSA) is 64.9 Å². The van der Waals surface area contributed by atoms with Crippen LogP contribution in [0.3, 0.4) is 0 Å². The monoisotopic (exact) mass is 269 g/mol. The molecular weight excluding hydrogens is 246 g/mol. The van der Waals surface area contributed by atoms with Gasteiger partial charge in [0.15, 0.2) is 5.82 Å². The fourth-order valence-electron chi connectivity index (χ4n) is 2.44. The second kappa shape index (κ2) is 6.57. The van der Waals surface area contributed by atoms with Crippen LogP contribution in [0.1, 0.15) is 50.1 Å². The highest BCUT2D eigenvalue weighted by Gasteiger charge is 2.23. The summed E-state index contributed by atoms with van der Waals surface area (Å²) in [5.41, 5.74) is 5.80. The summed E-state index contributed by atoms with van der Waals surface area (Å²) in [4.78, 5) is 4.53. The zero-order valence-corrected chi connectivity index (χ0v) is 12.1. The van der Waals surface area contributed by atoms with E-state index in [1.54, 1.807) is 0 Å². The molecule has 0 aromatic carbocycles. The smallest absolute Gasteiger partial charge is 0.227 e. The van der Waals surface area contributed by atoms with Gasteiger partial charge in [-0.2, -0.15) is 16.7 Å². The third-order valence-electron chi connectivity index (χ3n) is 3.30. The van der Waals surface area contributed by atoms with Crippen LogP contribution in [0.4, 0.5) is 0 Å². The van der Waals surface area contributed by atoms with E-state index in [2.05, 4.69) is 24.0 Å². The predicted molar refractivity (Wildman–Crippen MR) is 74.4 cm³/mol. The van der Waals surface area contributed by atoms with Gasteiger partial charge >= 0.3 is 0 Å². The molecule has 0 amide bonds. The third kappa shape index (κ3) is 3.72. The molecule has 5 heteroatoms. The van der Waals surface area contributed by atoms with E-state index in [-0.39, 0.29) is 0 Å². The first-order chi connectivity index (χ1) is 8.69. The van der Waals surface area contributed by atoms with Gasteiger partial charge in [0.2, 0.25) is 5.89 Å². The van der Waals surface area contributed by atoms with Crippen LogP contribution in [0.25, 0.3) is 0 Å². The largest absolute Gasteiger partial charge is 0.339 e. The highest BCUT2D eigenvalue weighted by molar-refractivity contribution is 7.99. The van der Waals surface area contributed by atoms with E-state index in [9.17, 15) is 0 Å². The van der Waals surface area contributed by atoms with Gasteiger partial charge in [0.05, 0.1) is 5.25 Å². The molecule has 1 aliphatic heterocycles. The summed E-state index contributed by atoms with van der Waals surface area (Å²) in [6.45, 7) is 5.13. The lowest BCUT2D eigenvalue weighted by molar-refractivity contribution is 0.329. The van der Waals surface area contributed by atoms with E-state index in [4.69, 9.17) is 10.3 Å². The predicted octanol–water partition coefficient (Wildman–Crippen LogP) is 2.80. The molecule has 1 aliphatic rings. The average molecular weight is 269 g/mol. The lowest BCUT2D eigenvalue weighted by Crippen LogP contribution is -2.19. The van der Waals surface area contributed by atoms with E-state index >= 15 is 0 Å². The average Bonchev–Trinajstić information content (AvgIpc) is 2.97. The Morgan fingerprint density at radius 2 is 2.33 bits per heavy atom. The molecule has 1 saturated heterocycles. The molecule has 1 aromatic heterocycles. The van der Waals surface area contributed by atoms with E-state index in [1.165, 1.54) is 18.6 Å². The number of aromatic nitrogens is 2. The fraction of sp³-hybridized carbons (Fsp3) is 0.846. The molecule has 2 N–H and O–H groups in total. The Morgan fingerprint density at radius 1 is 1.50 bits per heavy atom. The van der Waals surface area contributed by atoms with Crippen molar-refractivity contribution in [3.8, 4) is 0 Å². The summed E-state index contributed by atoms with van der Waals surface area (Å²) >= 11 is 1.93. The van der Waals surface area contributed by atoms with Crippen molar-refractivity contribution in [1.82, 2.24) is 10.1 Å². The van der Waals surface area contributed by atoms with Gasteiger partial charge in [-0.25, -0.2) is 0 Å². The molecule has 1 aromatic rings. The maximum atomic E-state index is 5.80. The minimum absolute atomic E-state index is 0.448. The first-order valence-electron chi connectivity index (χ1n) is 6.83. The number of nitrogens with zero attached hydrogens (tertiary/aromatic N) is 2. The standard InChI is InChI=1S/C13H23N3OS/c1-9(2)6-10(8-14)7-12-15-13(16-17-12)11-4-3-5-18-11/h9-11H,3-8,14H2,1-2H3/t10-,11?/m0/s1. The SMILES string of the molecule is CC(C)C[C@H](CN)Cc1nc(C2CCCS2)no1. The van der Waals surface area contributed by atoms with Crippen molar-refractivity contribution < 1.29 is 4.52 Å². The lowest BCUT2D eigenvalue weighted by atomic mass is 9.94. The van der Waals surface area contributed by atoms with Crippen LogP contribution < -0.4 is 5.73 Å². The molecule has 102 valence electrons. The molecule has 0 aliphatic carbocycles. The number of rotatable bonds is 6. The Morgan fingerprint density at radius 3 is 2.94 bits per heavy atom. The first kappa shape index (κ1) is 13.9. The van der Waals surface area contributed by atoms with Crippen LogP contribution in [0.5, 0.6) is 0 Å². The Hall–Kier alpha value is -0.550. The lowest BCUT2D eigenvalue weighted by Gasteiger charge is -2.14. The highest BCUT2D eigenvalue weighted by Crippen LogP contribution is 2.38. The molecule has 18 heavy (non-hydrogen) atoms. The maximum Gasteiger partial charge on any atom is 0.227 e. The van der Waals surface area contributed by atoms with Gasteiger partial charge in [-0.1, -0.05) is 19.0 Å². The zero-order valence-electron chi connectivity index (χ0n) is 11.3. The summed E-state index contributed by atoms with van der Waals surface area (Å²) in [7, 11) is 0. The normalized spacial score (nSPS) is 21.7. The second-order valence-corrected chi connectivity index (χ2v) is 6.79. The van der Waals surface area contributed by atoms with Gasteiger partial charge in [0.1, 0.15) is 0 Å². The first-order valence-corrected chi connectivity index (χ1v) is 7.88. The molecule has 2 heterocycles. The van der Waals surface area contributed by atoms with Crippen molar-refractivity contribution in [3.05, 3.63) is 11.7 Å². The van der Waals surface area contributed by atoms with E-state index in [0.717, 1.165) is 24.6 Å². The number of nitrogens with two attached hydrogens (primary N) is 1. The van der Waals surface area contributed by atoms with E-state index in [1.807, 2.05) is 11.8 Å². The molecule has 1 fully saturated rings. The molecule has 0 radical (unpaired) electrons. The summed E-state index contributed by atoms with van der Waals surface area (Å²) in [5, 5.41) is 4.57. The summed E-state index contributed by atoms with van der Waals surface area (Å²) in [5.74, 6) is 3.97. The van der Waals surface area contributed by atoms with Crippen LogP contribution in [-0.4, -0.2) is 22.4 Å². The highest BCUT2D eigenvalue weighted by atomic mass is 32.2. The molecule has 4 nitrogen and oxygen atoms in total. The summed E-state index contributed by atoms with van der Waals surface area (Å²) in [6.07, 6.45) is 4.37. The minimum atomic E-state index is 0.448. The minimum Gasteiger partial charge on any atom is -0.339 e. The Bertz CT molecular complexity index is 361. The van der Waals surface area contributed by atoms with Crippen molar-refractivity contribution in [2.75, 3.05) is 12.3 Å². The van der Waals surface area contributed by atoms with Gasteiger partial charge in [-0.3, -0.25) is 0 Å². The Kier molecular flexibility index (Phi) is 5.06. The molecule has 0 saturated carbocycles. The van der Waals surface area contributed by atoms with Gasteiger partial charge in [0.25, 0.3) is 0 Å². The number of hydrogen-bond donors (Lipinski definition) is 1. The van der Waals surface area contributed by atoms with E-state index in [0.29, 0.717) is 23.6 Å². The second-order valence-electron chi connectivity index (χ2n) is 5.48. The van der Waals surface area contributed by atoms with Crippen molar-refractivity contribution in [3.63, 3.8) is 0 Å². The number of thioether (sulfide) groups is 1. The van der Waals surface area contributed by atoms with Crippen LogP contribution in [0.2, 0.25) is 0 Å². The number of hydrogen-bond acceptors (Lipinski definition) is 5. The van der Waals surface area contributed by atoms with Gasteiger partial charge in [-0.05, 0) is 43.4 Å². The van der Waals surface area contributed by atoms with Gasteiger partial charge < -0.3 is 10.3 Å². The van der Waals surface area contributed by atoms with Crippen molar-refractivity contribution >= 4 is 11.8 Å².